The standard InChI is InChI=1S/C18H29NO4/c1-5-6-8-12-15(17(20)11(2)18(21)19-12)16-13(22-3)9-7-10-14(16)23-4/h7,9-12,15,17-21H,5-6,8H2,1-4H3. The molecule has 0 saturated carbocycles. The molecule has 23 heavy (non-hydrogen) atoms. The van der Waals surface area contributed by atoms with Gasteiger partial charge in [0.1, 0.15) is 17.7 Å². The molecule has 0 aromatic heterocycles. The van der Waals surface area contributed by atoms with Crippen LogP contribution in [-0.4, -0.2) is 42.8 Å². The summed E-state index contributed by atoms with van der Waals surface area (Å²) in [6, 6.07) is 5.62. The highest BCUT2D eigenvalue weighted by atomic mass is 16.5. The van der Waals surface area contributed by atoms with Crippen LogP contribution < -0.4 is 14.8 Å². The van der Waals surface area contributed by atoms with E-state index in [9.17, 15) is 10.2 Å². The van der Waals surface area contributed by atoms with Gasteiger partial charge in [0, 0.05) is 23.4 Å². The van der Waals surface area contributed by atoms with Gasteiger partial charge in [-0.2, -0.15) is 0 Å². The minimum atomic E-state index is -0.705. The second-order valence-corrected chi connectivity index (χ2v) is 6.31. The molecule has 1 saturated heterocycles. The molecule has 0 radical (unpaired) electrons. The van der Waals surface area contributed by atoms with Crippen molar-refractivity contribution in [3.8, 4) is 11.5 Å². The van der Waals surface area contributed by atoms with Gasteiger partial charge < -0.3 is 19.7 Å². The SMILES string of the molecule is CCCCC1NC(O)C(C)C(O)C1c1c(OC)cccc1OC. The molecule has 5 heteroatoms. The van der Waals surface area contributed by atoms with Crippen molar-refractivity contribution in [3.05, 3.63) is 23.8 Å². The molecule has 1 aliphatic rings. The number of methoxy groups -OCH3 is 2. The van der Waals surface area contributed by atoms with E-state index in [0.29, 0.717) is 11.5 Å². The monoisotopic (exact) mass is 323 g/mol. The van der Waals surface area contributed by atoms with Gasteiger partial charge in [0.2, 0.25) is 0 Å². The Kier molecular flexibility index (Phi) is 6.27. The normalized spacial score (nSPS) is 31.0. The Morgan fingerprint density at radius 3 is 2.26 bits per heavy atom. The van der Waals surface area contributed by atoms with Crippen molar-refractivity contribution in [1.29, 1.82) is 0 Å². The summed E-state index contributed by atoms with van der Waals surface area (Å²) in [5.41, 5.74) is 0.873. The number of hydrogen-bond donors (Lipinski definition) is 3. The largest absolute Gasteiger partial charge is 0.496 e. The minimum absolute atomic E-state index is 0.0265. The van der Waals surface area contributed by atoms with Crippen LogP contribution in [0.4, 0.5) is 0 Å². The Morgan fingerprint density at radius 2 is 1.74 bits per heavy atom. The fourth-order valence-electron chi connectivity index (χ4n) is 3.49. The van der Waals surface area contributed by atoms with Crippen molar-refractivity contribution in [3.63, 3.8) is 0 Å². The van der Waals surface area contributed by atoms with Gasteiger partial charge in [0.15, 0.2) is 0 Å². The van der Waals surface area contributed by atoms with Gasteiger partial charge in [0.25, 0.3) is 0 Å². The summed E-state index contributed by atoms with van der Waals surface area (Å²) in [4.78, 5) is 0. The maximum absolute atomic E-state index is 10.9. The molecular weight excluding hydrogens is 294 g/mol. The molecule has 5 atom stereocenters. The van der Waals surface area contributed by atoms with Crippen molar-refractivity contribution < 1.29 is 19.7 Å². The Labute approximate surface area is 138 Å². The maximum atomic E-state index is 10.9. The molecule has 0 amide bonds. The van der Waals surface area contributed by atoms with Gasteiger partial charge in [0.05, 0.1) is 20.3 Å². The Bertz CT molecular complexity index is 486. The van der Waals surface area contributed by atoms with Crippen LogP contribution >= 0.6 is 0 Å². The molecule has 5 nitrogen and oxygen atoms in total. The third-order valence-electron chi connectivity index (χ3n) is 4.89. The predicted octanol–water partition coefficient (Wildman–Crippen LogP) is 2.26. The topological polar surface area (TPSA) is 71.0 Å². The van der Waals surface area contributed by atoms with Crippen LogP contribution in [-0.2, 0) is 0 Å². The molecule has 0 spiro atoms. The molecule has 1 aromatic carbocycles. The van der Waals surface area contributed by atoms with Crippen molar-refractivity contribution in [2.24, 2.45) is 5.92 Å². The fourth-order valence-corrected chi connectivity index (χ4v) is 3.49. The van der Waals surface area contributed by atoms with E-state index in [2.05, 4.69) is 12.2 Å². The molecule has 1 heterocycles. The lowest BCUT2D eigenvalue weighted by molar-refractivity contribution is -0.0592. The van der Waals surface area contributed by atoms with Crippen molar-refractivity contribution in [2.75, 3.05) is 14.2 Å². The molecule has 1 aromatic rings. The Hall–Kier alpha value is -1.30. The second-order valence-electron chi connectivity index (χ2n) is 6.31. The number of piperidine rings is 1. The number of ether oxygens (including phenoxy) is 2. The number of rotatable bonds is 6. The number of aliphatic hydroxyl groups excluding tert-OH is 2. The highest BCUT2D eigenvalue weighted by molar-refractivity contribution is 5.49. The van der Waals surface area contributed by atoms with E-state index in [0.717, 1.165) is 24.8 Å². The maximum Gasteiger partial charge on any atom is 0.126 e. The smallest absolute Gasteiger partial charge is 0.126 e. The molecule has 1 fully saturated rings. The first-order valence-corrected chi connectivity index (χ1v) is 8.38. The van der Waals surface area contributed by atoms with Crippen molar-refractivity contribution in [1.82, 2.24) is 5.32 Å². The van der Waals surface area contributed by atoms with E-state index in [1.54, 1.807) is 14.2 Å². The summed E-state index contributed by atoms with van der Waals surface area (Å²) in [6.45, 7) is 3.99. The molecule has 3 N–H and O–H groups in total. The third-order valence-corrected chi connectivity index (χ3v) is 4.89. The van der Waals surface area contributed by atoms with E-state index in [4.69, 9.17) is 9.47 Å². The number of unbranched alkanes of at least 4 members (excludes halogenated alkanes) is 1. The van der Waals surface area contributed by atoms with E-state index in [1.165, 1.54) is 0 Å². The molecular formula is C18H29NO4. The van der Waals surface area contributed by atoms with Crippen LogP contribution in [0.15, 0.2) is 18.2 Å². The van der Waals surface area contributed by atoms with Gasteiger partial charge in [-0.05, 0) is 18.6 Å². The highest BCUT2D eigenvalue weighted by Gasteiger charge is 2.43. The Balaban J connectivity index is 2.46. The molecule has 0 bridgehead atoms. The van der Waals surface area contributed by atoms with Crippen LogP contribution in [0.3, 0.4) is 0 Å². The lowest BCUT2D eigenvalue weighted by Gasteiger charge is -2.44. The quantitative estimate of drug-likeness (QED) is 0.749. The van der Waals surface area contributed by atoms with Gasteiger partial charge in [-0.15, -0.1) is 0 Å². The van der Waals surface area contributed by atoms with E-state index < -0.39 is 12.3 Å². The van der Waals surface area contributed by atoms with Gasteiger partial charge in [-0.25, -0.2) is 0 Å². The summed E-state index contributed by atoms with van der Waals surface area (Å²) in [5.74, 6) is 0.958. The van der Waals surface area contributed by atoms with Crippen LogP contribution in [0.2, 0.25) is 0 Å². The lowest BCUT2D eigenvalue weighted by atomic mass is 9.75. The highest BCUT2D eigenvalue weighted by Crippen LogP contribution is 2.43. The zero-order valence-corrected chi connectivity index (χ0v) is 14.5. The molecule has 5 unspecified atom stereocenters. The molecule has 0 aliphatic carbocycles. The van der Waals surface area contributed by atoms with E-state index >= 15 is 0 Å². The van der Waals surface area contributed by atoms with Gasteiger partial charge in [-0.3, -0.25) is 5.32 Å². The first-order valence-electron chi connectivity index (χ1n) is 8.38. The zero-order valence-electron chi connectivity index (χ0n) is 14.5. The molecule has 1 aliphatic heterocycles. The van der Waals surface area contributed by atoms with Gasteiger partial charge >= 0.3 is 0 Å². The summed E-state index contributed by atoms with van der Waals surface area (Å²) < 4.78 is 11.0. The zero-order chi connectivity index (χ0) is 17.0. The minimum Gasteiger partial charge on any atom is -0.496 e. The molecule has 130 valence electrons. The average molecular weight is 323 g/mol. The molecule has 2 rings (SSSR count). The number of hydrogen-bond acceptors (Lipinski definition) is 5. The van der Waals surface area contributed by atoms with Gasteiger partial charge in [-0.1, -0.05) is 32.8 Å². The fraction of sp³-hybridized carbons (Fsp3) is 0.667. The summed E-state index contributed by atoms with van der Waals surface area (Å²) in [6.07, 6.45) is 1.60. The van der Waals surface area contributed by atoms with E-state index in [-0.39, 0.29) is 17.9 Å². The number of benzene rings is 1. The van der Waals surface area contributed by atoms with Crippen molar-refractivity contribution >= 4 is 0 Å². The van der Waals surface area contributed by atoms with Crippen LogP contribution in [0.25, 0.3) is 0 Å². The predicted molar refractivity (Wildman–Crippen MR) is 89.9 cm³/mol. The first kappa shape index (κ1) is 18.0. The number of aliphatic hydroxyl groups is 2. The lowest BCUT2D eigenvalue weighted by Crippen LogP contribution is -2.57. The van der Waals surface area contributed by atoms with E-state index in [1.807, 2.05) is 25.1 Å². The van der Waals surface area contributed by atoms with Crippen LogP contribution in [0.5, 0.6) is 11.5 Å². The van der Waals surface area contributed by atoms with Crippen LogP contribution in [0, 0.1) is 5.92 Å². The van der Waals surface area contributed by atoms with Crippen LogP contribution in [0.1, 0.15) is 44.6 Å². The Morgan fingerprint density at radius 1 is 1.13 bits per heavy atom. The summed E-state index contributed by atoms with van der Waals surface area (Å²) in [5, 5.41) is 24.3. The second kappa shape index (κ2) is 7.99. The third kappa shape index (κ3) is 3.62. The first-order chi connectivity index (χ1) is 11.0. The van der Waals surface area contributed by atoms with Crippen molar-refractivity contribution in [2.45, 2.75) is 57.4 Å². The summed E-state index contributed by atoms with van der Waals surface area (Å²) in [7, 11) is 3.25. The average Bonchev–Trinajstić information content (AvgIpc) is 2.57. The number of nitrogens with one attached hydrogen (secondary N) is 1. The summed E-state index contributed by atoms with van der Waals surface area (Å²) >= 11 is 0.